The summed E-state index contributed by atoms with van der Waals surface area (Å²) >= 11 is 22.6. The van der Waals surface area contributed by atoms with Gasteiger partial charge in [0.1, 0.15) is 0 Å². The molecule has 0 fully saturated rings. The summed E-state index contributed by atoms with van der Waals surface area (Å²) in [6.07, 6.45) is 0.0331. The number of rotatable bonds is 7. The van der Waals surface area contributed by atoms with Gasteiger partial charge in [-0.25, -0.2) is 8.42 Å². The third-order valence-electron chi connectivity index (χ3n) is 1.76. The van der Waals surface area contributed by atoms with Crippen molar-refractivity contribution in [2.24, 2.45) is 0 Å². The molecule has 1 unspecified atom stereocenters. The molecular formula is C7H11Cl4NO4S2. The Balaban J connectivity index is 4.81. The highest BCUT2D eigenvalue weighted by Crippen LogP contribution is 2.41. The highest BCUT2D eigenvalue weighted by molar-refractivity contribution is 8.12. The number of alkyl halides is 4. The lowest BCUT2D eigenvalue weighted by Gasteiger charge is -2.21. The Morgan fingerprint density at radius 3 is 2.28 bits per heavy atom. The van der Waals surface area contributed by atoms with Crippen LogP contribution in [0.4, 0.5) is 0 Å². The molecule has 0 aromatic heterocycles. The molecule has 1 atom stereocenters. The quantitative estimate of drug-likeness (QED) is 0.418. The Morgan fingerprint density at radius 1 is 1.44 bits per heavy atom. The predicted molar refractivity (Wildman–Crippen MR) is 75.7 cm³/mol. The van der Waals surface area contributed by atoms with E-state index in [0.717, 1.165) is 7.11 Å². The highest BCUT2D eigenvalue weighted by Gasteiger charge is 2.38. The average molecular weight is 379 g/mol. The Bertz CT molecular complexity index is 387. The van der Waals surface area contributed by atoms with Crippen LogP contribution in [-0.4, -0.2) is 35.2 Å². The van der Waals surface area contributed by atoms with Gasteiger partial charge >= 0.3 is 5.97 Å². The predicted octanol–water partition coefficient (Wildman–Crippen LogP) is 2.44. The van der Waals surface area contributed by atoms with Crippen molar-refractivity contribution in [2.45, 2.75) is 27.1 Å². The Kier molecular flexibility index (Phi) is 7.99. The number of hydrogen-bond acceptors (Lipinski definition) is 5. The van der Waals surface area contributed by atoms with Crippen LogP contribution in [0.15, 0.2) is 0 Å². The summed E-state index contributed by atoms with van der Waals surface area (Å²) < 4.78 is 28.2. The number of ether oxygens (including phenoxy) is 1. The van der Waals surface area contributed by atoms with Crippen LogP contribution >= 0.6 is 58.4 Å². The smallest absolute Gasteiger partial charge is 0.325 e. The van der Waals surface area contributed by atoms with Gasteiger partial charge in [-0.15, -0.1) is 23.2 Å². The van der Waals surface area contributed by atoms with Crippen molar-refractivity contribution in [1.82, 2.24) is 4.13 Å². The first-order valence-electron chi connectivity index (χ1n) is 4.51. The zero-order chi connectivity index (χ0) is 14.6. The topological polar surface area (TPSA) is 72.5 Å². The molecule has 0 rings (SSSR count). The molecule has 0 aliphatic rings. The van der Waals surface area contributed by atoms with E-state index < -0.39 is 29.7 Å². The molecule has 0 radical (unpaired) electrons. The third kappa shape index (κ3) is 5.48. The molecule has 5 nitrogen and oxygen atoms in total. The first kappa shape index (κ1) is 18.9. The maximum atomic E-state index is 11.8. The molecule has 0 aromatic carbocycles. The summed E-state index contributed by atoms with van der Waals surface area (Å²) in [5, 5.41) is -1.36. The van der Waals surface area contributed by atoms with E-state index in [4.69, 9.17) is 46.4 Å². The average Bonchev–Trinajstić information content (AvgIpc) is 2.26. The number of methoxy groups -OCH3 is 1. The lowest BCUT2D eigenvalue weighted by Crippen LogP contribution is -2.39. The first-order chi connectivity index (χ1) is 8.08. The molecule has 18 heavy (non-hydrogen) atoms. The zero-order valence-corrected chi connectivity index (χ0v) is 14.0. The molecule has 0 amide bonds. The maximum absolute atomic E-state index is 11.8. The minimum atomic E-state index is -4.00. The van der Waals surface area contributed by atoms with E-state index in [-0.39, 0.29) is 6.42 Å². The minimum Gasteiger partial charge on any atom is -0.468 e. The summed E-state index contributed by atoms with van der Waals surface area (Å²) in [5.74, 6) is -0.881. The monoisotopic (exact) mass is 377 g/mol. The van der Waals surface area contributed by atoms with Gasteiger partial charge in [0.05, 0.1) is 7.11 Å². The minimum absolute atomic E-state index is 0.0331. The SMILES string of the molecule is CCC(C(=O)OC)S(=O)(=O)NSC(Cl)(Cl)C(Cl)Cl. The van der Waals surface area contributed by atoms with E-state index >= 15 is 0 Å². The number of carbonyl (C=O) groups excluding carboxylic acids is 1. The van der Waals surface area contributed by atoms with Gasteiger partial charge in [-0.2, -0.15) is 4.13 Å². The molecule has 0 saturated carbocycles. The van der Waals surface area contributed by atoms with E-state index in [0.29, 0.717) is 11.9 Å². The van der Waals surface area contributed by atoms with Crippen molar-refractivity contribution >= 4 is 74.3 Å². The van der Waals surface area contributed by atoms with Gasteiger partial charge in [-0.1, -0.05) is 30.1 Å². The molecule has 0 heterocycles. The van der Waals surface area contributed by atoms with Crippen LogP contribution in [0, 0.1) is 0 Å². The second-order valence-corrected chi connectivity index (χ2v) is 9.12. The van der Waals surface area contributed by atoms with Gasteiger partial charge in [-0.05, 0) is 18.4 Å². The summed E-state index contributed by atoms with van der Waals surface area (Å²) in [4.78, 5) is 10.0. The lowest BCUT2D eigenvalue weighted by atomic mass is 10.3. The molecule has 11 heteroatoms. The molecule has 108 valence electrons. The molecule has 0 bridgehead atoms. The largest absolute Gasteiger partial charge is 0.468 e. The lowest BCUT2D eigenvalue weighted by molar-refractivity contribution is -0.140. The number of esters is 1. The molecular weight excluding hydrogens is 368 g/mol. The molecule has 0 aliphatic carbocycles. The van der Waals surface area contributed by atoms with E-state index in [1.54, 1.807) is 0 Å². The van der Waals surface area contributed by atoms with Crippen molar-refractivity contribution in [1.29, 1.82) is 0 Å². The number of hydrogen-bond donors (Lipinski definition) is 1. The van der Waals surface area contributed by atoms with Crippen LogP contribution in [0.3, 0.4) is 0 Å². The Labute approximate surface area is 130 Å². The van der Waals surface area contributed by atoms with Gasteiger partial charge in [0.25, 0.3) is 0 Å². The van der Waals surface area contributed by atoms with Crippen LogP contribution in [0.5, 0.6) is 0 Å². The van der Waals surface area contributed by atoms with Gasteiger partial charge in [0, 0.05) is 0 Å². The Hall–Kier alpha value is 0.890. The van der Waals surface area contributed by atoms with Crippen molar-refractivity contribution in [3.05, 3.63) is 0 Å². The van der Waals surface area contributed by atoms with Crippen molar-refractivity contribution in [3.8, 4) is 0 Å². The molecule has 1 N–H and O–H groups in total. The fourth-order valence-electron chi connectivity index (χ4n) is 0.860. The Morgan fingerprint density at radius 2 is 1.94 bits per heavy atom. The summed E-state index contributed by atoms with van der Waals surface area (Å²) in [6.45, 7) is 1.52. The highest BCUT2D eigenvalue weighted by atomic mass is 35.5. The van der Waals surface area contributed by atoms with Crippen molar-refractivity contribution < 1.29 is 17.9 Å². The fourth-order valence-corrected chi connectivity index (χ4v) is 3.95. The van der Waals surface area contributed by atoms with Crippen LogP contribution in [0.25, 0.3) is 0 Å². The summed E-state index contributed by atoms with van der Waals surface area (Å²) in [6, 6.07) is 0. The van der Waals surface area contributed by atoms with Crippen LogP contribution < -0.4 is 4.13 Å². The second kappa shape index (κ2) is 7.61. The number of nitrogens with one attached hydrogen (secondary N) is 1. The van der Waals surface area contributed by atoms with Crippen LogP contribution in [-0.2, 0) is 19.6 Å². The van der Waals surface area contributed by atoms with Crippen molar-refractivity contribution in [3.63, 3.8) is 0 Å². The van der Waals surface area contributed by atoms with Crippen molar-refractivity contribution in [2.75, 3.05) is 7.11 Å². The maximum Gasteiger partial charge on any atom is 0.325 e. The van der Waals surface area contributed by atoms with Crippen LogP contribution in [0.1, 0.15) is 13.3 Å². The number of sulfonamides is 1. The molecule has 0 saturated heterocycles. The van der Waals surface area contributed by atoms with Gasteiger partial charge in [-0.3, -0.25) is 4.79 Å². The molecule has 0 spiro atoms. The van der Waals surface area contributed by atoms with Gasteiger partial charge in [0.2, 0.25) is 13.7 Å². The van der Waals surface area contributed by atoms with E-state index in [2.05, 4.69) is 4.74 Å². The zero-order valence-electron chi connectivity index (χ0n) is 9.32. The standard InChI is InChI=1S/C7H11Cl4NO4S2/c1-3-4(5(13)16-2)18(14,15)12-17-7(10,11)6(8)9/h4,6,12H,3H2,1-2H3. The number of carbonyl (C=O) groups is 1. The van der Waals surface area contributed by atoms with E-state index in [1.807, 2.05) is 4.13 Å². The van der Waals surface area contributed by atoms with E-state index in [1.165, 1.54) is 6.92 Å². The van der Waals surface area contributed by atoms with E-state index in [9.17, 15) is 13.2 Å². The molecule has 0 aromatic rings. The van der Waals surface area contributed by atoms with Crippen LogP contribution in [0.2, 0.25) is 0 Å². The second-order valence-electron chi connectivity index (χ2n) is 3.01. The van der Waals surface area contributed by atoms with Gasteiger partial charge < -0.3 is 4.74 Å². The number of halogens is 4. The third-order valence-corrected chi connectivity index (χ3v) is 7.06. The fraction of sp³-hybridized carbons (Fsp3) is 0.857. The molecule has 0 aliphatic heterocycles. The normalized spacial score (nSPS) is 14.6. The summed E-state index contributed by atoms with van der Waals surface area (Å²) in [5.41, 5.74) is 0. The first-order valence-corrected chi connectivity index (χ1v) is 8.50. The summed E-state index contributed by atoms with van der Waals surface area (Å²) in [7, 11) is -2.91. The van der Waals surface area contributed by atoms with Gasteiger partial charge in [0.15, 0.2) is 10.1 Å².